The molecule has 8 nitrogen and oxygen atoms in total. The smallest absolute Gasteiger partial charge is 0.315 e. The number of benzene rings is 1. The molecule has 1 aromatic heterocycles. The lowest BCUT2D eigenvalue weighted by molar-refractivity contribution is -0.137. The maximum Gasteiger partial charge on any atom is 0.315 e. The van der Waals surface area contributed by atoms with Crippen LogP contribution in [0.2, 0.25) is 0 Å². The lowest BCUT2D eigenvalue weighted by Crippen LogP contribution is -2.35. The number of thiazole rings is 1. The second-order valence-corrected chi connectivity index (χ2v) is 6.33. The molecular weight excluding hydrogens is 356 g/mol. The molecule has 0 radical (unpaired) electrons. The normalized spacial score (nSPS) is 10.2. The first-order chi connectivity index (χ1) is 12.5. The van der Waals surface area contributed by atoms with Gasteiger partial charge in [0.05, 0.1) is 18.8 Å². The average Bonchev–Trinajstić information content (AvgIpc) is 3.10. The first-order valence-electron chi connectivity index (χ1n) is 8.04. The van der Waals surface area contributed by atoms with E-state index in [9.17, 15) is 14.4 Å². The monoisotopic (exact) mass is 376 g/mol. The van der Waals surface area contributed by atoms with Crippen molar-refractivity contribution in [1.29, 1.82) is 0 Å². The third kappa shape index (κ3) is 6.89. The predicted octanol–water partition coefficient (Wildman–Crippen LogP) is 1.74. The molecule has 0 spiro atoms. The number of carboxylic acid groups (broad SMARTS) is 1. The summed E-state index contributed by atoms with van der Waals surface area (Å²) in [7, 11) is 0. The van der Waals surface area contributed by atoms with Gasteiger partial charge in [-0.3, -0.25) is 9.59 Å². The first kappa shape index (κ1) is 19.4. The van der Waals surface area contributed by atoms with Gasteiger partial charge in [0, 0.05) is 23.9 Å². The van der Waals surface area contributed by atoms with Crippen LogP contribution in [0.5, 0.6) is 0 Å². The Morgan fingerprint density at radius 2 is 1.81 bits per heavy atom. The highest BCUT2D eigenvalue weighted by atomic mass is 32.1. The van der Waals surface area contributed by atoms with Crippen LogP contribution in [-0.4, -0.2) is 34.5 Å². The molecule has 2 aromatic rings. The second-order valence-electron chi connectivity index (χ2n) is 5.39. The number of rotatable bonds is 9. The minimum absolute atomic E-state index is 0.0183. The SMILES string of the molecule is O=C(O)CCCNC(=O)NCc1csc(CNC(=O)c2ccccc2)n1. The molecule has 1 heterocycles. The third-order valence-corrected chi connectivity index (χ3v) is 4.22. The predicted molar refractivity (Wildman–Crippen MR) is 96.8 cm³/mol. The summed E-state index contributed by atoms with van der Waals surface area (Å²) in [4.78, 5) is 38.3. The summed E-state index contributed by atoms with van der Waals surface area (Å²) in [5.41, 5.74) is 1.28. The molecule has 138 valence electrons. The van der Waals surface area contributed by atoms with Crippen LogP contribution >= 0.6 is 11.3 Å². The Hall–Kier alpha value is -2.94. The molecule has 0 atom stereocenters. The average molecular weight is 376 g/mol. The number of carbonyl (C=O) groups is 3. The fourth-order valence-electron chi connectivity index (χ4n) is 2.03. The Morgan fingerprint density at radius 3 is 2.54 bits per heavy atom. The van der Waals surface area contributed by atoms with Gasteiger partial charge in [0.15, 0.2) is 0 Å². The van der Waals surface area contributed by atoms with Crippen LogP contribution in [0.4, 0.5) is 4.79 Å². The minimum Gasteiger partial charge on any atom is -0.481 e. The number of carboxylic acids is 1. The standard InChI is InChI=1S/C17H20N4O4S/c22-15(23)7-4-8-18-17(25)20-9-13-11-26-14(21-13)10-19-16(24)12-5-2-1-3-6-12/h1-3,5-6,11H,4,7-10H2,(H,19,24)(H,22,23)(H2,18,20,25). The number of hydrogen-bond donors (Lipinski definition) is 4. The number of nitrogens with one attached hydrogen (secondary N) is 3. The Morgan fingerprint density at radius 1 is 1.04 bits per heavy atom. The quantitative estimate of drug-likeness (QED) is 0.497. The second kappa shape index (κ2) is 10.1. The number of hydrogen-bond acceptors (Lipinski definition) is 5. The first-order valence-corrected chi connectivity index (χ1v) is 8.92. The van der Waals surface area contributed by atoms with Crippen LogP contribution in [0.15, 0.2) is 35.7 Å². The molecule has 3 amide bonds. The summed E-state index contributed by atoms with van der Waals surface area (Å²) in [6.07, 6.45) is 0.398. The van der Waals surface area contributed by atoms with E-state index in [4.69, 9.17) is 5.11 Å². The molecular formula is C17H20N4O4S. The summed E-state index contributed by atoms with van der Waals surface area (Å²) in [6, 6.07) is 8.55. The summed E-state index contributed by atoms with van der Waals surface area (Å²) in [5.74, 6) is -1.05. The van der Waals surface area contributed by atoms with Crippen molar-refractivity contribution < 1.29 is 19.5 Å². The number of aliphatic carboxylic acids is 1. The van der Waals surface area contributed by atoms with Crippen molar-refractivity contribution in [2.75, 3.05) is 6.54 Å². The molecule has 0 bridgehead atoms. The molecule has 2 rings (SSSR count). The molecule has 4 N–H and O–H groups in total. The summed E-state index contributed by atoms with van der Waals surface area (Å²) >= 11 is 1.40. The number of amides is 3. The lowest BCUT2D eigenvalue weighted by Gasteiger charge is -2.05. The molecule has 0 saturated carbocycles. The van der Waals surface area contributed by atoms with Gasteiger partial charge in [0.1, 0.15) is 5.01 Å². The molecule has 9 heteroatoms. The van der Waals surface area contributed by atoms with Gasteiger partial charge in [-0.25, -0.2) is 9.78 Å². The fourth-order valence-corrected chi connectivity index (χ4v) is 2.77. The van der Waals surface area contributed by atoms with E-state index in [0.29, 0.717) is 30.8 Å². The zero-order valence-corrected chi connectivity index (χ0v) is 14.8. The Labute approximate surface area is 154 Å². The van der Waals surface area contributed by atoms with Crippen molar-refractivity contribution >= 4 is 29.2 Å². The summed E-state index contributed by atoms with van der Waals surface area (Å²) in [5, 5.41) is 19.1. The van der Waals surface area contributed by atoms with Crippen molar-refractivity contribution in [2.45, 2.75) is 25.9 Å². The van der Waals surface area contributed by atoms with Crippen molar-refractivity contribution in [3.05, 3.63) is 52.0 Å². The van der Waals surface area contributed by atoms with E-state index >= 15 is 0 Å². The fraction of sp³-hybridized carbons (Fsp3) is 0.294. The zero-order valence-electron chi connectivity index (χ0n) is 14.0. The van der Waals surface area contributed by atoms with E-state index in [0.717, 1.165) is 5.01 Å². The van der Waals surface area contributed by atoms with E-state index in [1.165, 1.54) is 11.3 Å². The Kier molecular flexibility index (Phi) is 7.56. The molecule has 26 heavy (non-hydrogen) atoms. The largest absolute Gasteiger partial charge is 0.481 e. The lowest BCUT2D eigenvalue weighted by atomic mass is 10.2. The number of nitrogens with zero attached hydrogens (tertiary/aromatic N) is 1. The maximum atomic E-state index is 12.0. The molecule has 1 aromatic carbocycles. The highest BCUT2D eigenvalue weighted by molar-refractivity contribution is 7.09. The molecule has 0 fully saturated rings. The molecule has 0 saturated heterocycles. The van der Waals surface area contributed by atoms with Gasteiger partial charge in [-0.1, -0.05) is 18.2 Å². The minimum atomic E-state index is -0.887. The highest BCUT2D eigenvalue weighted by Gasteiger charge is 2.08. The zero-order chi connectivity index (χ0) is 18.8. The van der Waals surface area contributed by atoms with Gasteiger partial charge in [0.2, 0.25) is 0 Å². The number of urea groups is 1. The van der Waals surface area contributed by atoms with Crippen LogP contribution in [0.25, 0.3) is 0 Å². The van der Waals surface area contributed by atoms with Crippen molar-refractivity contribution in [3.8, 4) is 0 Å². The van der Waals surface area contributed by atoms with Crippen LogP contribution in [-0.2, 0) is 17.9 Å². The van der Waals surface area contributed by atoms with Gasteiger partial charge in [-0.15, -0.1) is 11.3 Å². The van der Waals surface area contributed by atoms with Gasteiger partial charge >= 0.3 is 12.0 Å². The van der Waals surface area contributed by atoms with E-state index in [1.807, 2.05) is 11.4 Å². The van der Waals surface area contributed by atoms with Gasteiger partial charge in [-0.05, 0) is 18.6 Å². The van der Waals surface area contributed by atoms with E-state index in [2.05, 4.69) is 20.9 Å². The molecule has 0 aliphatic rings. The van der Waals surface area contributed by atoms with Crippen LogP contribution in [0.3, 0.4) is 0 Å². The van der Waals surface area contributed by atoms with Crippen molar-refractivity contribution in [2.24, 2.45) is 0 Å². The number of carbonyl (C=O) groups excluding carboxylic acids is 2. The van der Waals surface area contributed by atoms with Crippen LogP contribution < -0.4 is 16.0 Å². The molecule has 0 aliphatic carbocycles. The maximum absolute atomic E-state index is 12.0. The highest BCUT2D eigenvalue weighted by Crippen LogP contribution is 2.10. The third-order valence-electron chi connectivity index (χ3n) is 3.32. The molecule has 0 aliphatic heterocycles. The van der Waals surface area contributed by atoms with Gasteiger partial charge in [0.25, 0.3) is 5.91 Å². The van der Waals surface area contributed by atoms with Gasteiger partial charge in [-0.2, -0.15) is 0 Å². The summed E-state index contributed by atoms with van der Waals surface area (Å²) in [6.45, 7) is 0.875. The topological polar surface area (TPSA) is 120 Å². The van der Waals surface area contributed by atoms with Crippen LogP contribution in [0, 0.1) is 0 Å². The Bertz CT molecular complexity index is 748. The van der Waals surface area contributed by atoms with E-state index in [-0.39, 0.29) is 24.9 Å². The van der Waals surface area contributed by atoms with Crippen molar-refractivity contribution in [3.63, 3.8) is 0 Å². The Balaban J connectivity index is 1.68. The van der Waals surface area contributed by atoms with Gasteiger partial charge < -0.3 is 21.1 Å². The van der Waals surface area contributed by atoms with Crippen molar-refractivity contribution in [1.82, 2.24) is 20.9 Å². The van der Waals surface area contributed by atoms with E-state index < -0.39 is 5.97 Å². The van der Waals surface area contributed by atoms with E-state index in [1.54, 1.807) is 24.3 Å². The van der Waals surface area contributed by atoms with Crippen LogP contribution in [0.1, 0.15) is 33.9 Å². The molecule has 0 unspecified atom stereocenters. The number of aromatic nitrogens is 1. The summed E-state index contributed by atoms with van der Waals surface area (Å²) < 4.78 is 0.